The van der Waals surface area contributed by atoms with Crippen LogP contribution >= 0.6 is 15.9 Å². The number of ether oxygens (including phenoxy) is 1. The van der Waals surface area contributed by atoms with Crippen LogP contribution in [-0.2, 0) is 6.42 Å². The van der Waals surface area contributed by atoms with Gasteiger partial charge in [0.25, 0.3) is 0 Å². The molecule has 1 aromatic carbocycles. The summed E-state index contributed by atoms with van der Waals surface area (Å²) >= 11 is 3.34. The Labute approximate surface area is 85.5 Å². The number of hydrogen-bond acceptors (Lipinski definition) is 2. The Morgan fingerprint density at radius 2 is 2.31 bits per heavy atom. The van der Waals surface area contributed by atoms with Crippen LogP contribution in [0.1, 0.15) is 5.56 Å². The van der Waals surface area contributed by atoms with E-state index in [1.807, 2.05) is 18.2 Å². The summed E-state index contributed by atoms with van der Waals surface area (Å²) < 4.78 is 6.10. The Kier molecular flexibility index (Phi) is 3.31. The lowest BCUT2D eigenvalue weighted by atomic mass is 10.1. The average molecular weight is 243 g/mol. The minimum atomic E-state index is 0.139. The molecular formula is C9H11BrN2O. The van der Waals surface area contributed by atoms with E-state index in [1.54, 1.807) is 7.11 Å². The van der Waals surface area contributed by atoms with Gasteiger partial charge in [-0.15, -0.1) is 0 Å². The van der Waals surface area contributed by atoms with Crippen LogP contribution in [0.2, 0.25) is 0 Å². The molecule has 3 nitrogen and oxygen atoms in total. The summed E-state index contributed by atoms with van der Waals surface area (Å²) in [6.07, 6.45) is 0.427. The smallest absolute Gasteiger partial charge is 0.123 e. The quantitative estimate of drug-likeness (QED) is 0.629. The second kappa shape index (κ2) is 4.28. The van der Waals surface area contributed by atoms with Crippen molar-refractivity contribution >= 4 is 21.8 Å². The van der Waals surface area contributed by atoms with Gasteiger partial charge in [0.1, 0.15) is 5.75 Å². The van der Waals surface area contributed by atoms with Crippen LogP contribution in [0.4, 0.5) is 0 Å². The van der Waals surface area contributed by atoms with Crippen molar-refractivity contribution in [1.82, 2.24) is 0 Å². The lowest BCUT2D eigenvalue weighted by molar-refractivity contribution is 0.410. The molecule has 0 spiro atoms. The summed E-state index contributed by atoms with van der Waals surface area (Å²) in [5.74, 6) is 0.894. The Hall–Kier alpha value is -1.03. The largest absolute Gasteiger partial charge is 0.496 e. The minimum Gasteiger partial charge on any atom is -0.496 e. The Morgan fingerprint density at radius 3 is 2.85 bits per heavy atom. The lowest BCUT2D eigenvalue weighted by Crippen LogP contribution is -2.13. The molecule has 13 heavy (non-hydrogen) atoms. The van der Waals surface area contributed by atoms with Gasteiger partial charge in [-0.25, -0.2) is 0 Å². The molecule has 0 amide bonds. The maximum absolute atomic E-state index is 7.17. The van der Waals surface area contributed by atoms with E-state index in [4.69, 9.17) is 15.9 Å². The zero-order chi connectivity index (χ0) is 9.84. The van der Waals surface area contributed by atoms with Gasteiger partial charge >= 0.3 is 0 Å². The van der Waals surface area contributed by atoms with Crippen molar-refractivity contribution in [3.63, 3.8) is 0 Å². The molecule has 0 heterocycles. The van der Waals surface area contributed by atoms with Gasteiger partial charge in [-0.3, -0.25) is 5.41 Å². The molecule has 0 bridgehead atoms. The van der Waals surface area contributed by atoms with Crippen LogP contribution in [0.15, 0.2) is 22.7 Å². The van der Waals surface area contributed by atoms with Crippen molar-refractivity contribution in [2.75, 3.05) is 7.11 Å². The molecule has 0 fully saturated rings. The number of rotatable bonds is 3. The van der Waals surface area contributed by atoms with Crippen molar-refractivity contribution in [2.45, 2.75) is 6.42 Å². The number of methoxy groups -OCH3 is 1. The van der Waals surface area contributed by atoms with Crippen molar-refractivity contribution in [3.05, 3.63) is 28.2 Å². The number of nitrogens with one attached hydrogen (secondary N) is 1. The van der Waals surface area contributed by atoms with Gasteiger partial charge in [-0.2, -0.15) is 0 Å². The monoisotopic (exact) mass is 242 g/mol. The molecule has 3 N–H and O–H groups in total. The Bertz CT molecular complexity index is 325. The molecule has 0 aliphatic carbocycles. The normalized spacial score (nSPS) is 9.69. The van der Waals surface area contributed by atoms with Gasteiger partial charge in [0.2, 0.25) is 0 Å². The maximum atomic E-state index is 7.17. The van der Waals surface area contributed by atoms with Gasteiger partial charge in [0.15, 0.2) is 0 Å². The molecule has 0 unspecified atom stereocenters. The van der Waals surface area contributed by atoms with Crippen LogP contribution in [0.3, 0.4) is 0 Å². The Morgan fingerprint density at radius 1 is 1.62 bits per heavy atom. The first-order valence-corrected chi connectivity index (χ1v) is 4.58. The molecule has 0 aromatic heterocycles. The molecule has 0 aliphatic heterocycles. The highest BCUT2D eigenvalue weighted by Crippen LogP contribution is 2.23. The summed E-state index contributed by atoms with van der Waals surface area (Å²) in [7, 11) is 1.60. The topological polar surface area (TPSA) is 59.1 Å². The standard InChI is InChI=1S/C9H11BrN2O/c1-13-8-5-7(10)3-2-6(8)4-9(11)12/h2-3,5H,4H2,1H3,(H3,11,12). The van der Waals surface area contributed by atoms with E-state index >= 15 is 0 Å². The number of halogens is 1. The van der Waals surface area contributed by atoms with Crippen molar-refractivity contribution in [3.8, 4) is 5.75 Å². The number of nitrogens with two attached hydrogens (primary N) is 1. The fourth-order valence-electron chi connectivity index (χ4n) is 1.07. The first-order valence-electron chi connectivity index (χ1n) is 3.79. The van der Waals surface area contributed by atoms with Gasteiger partial charge in [-0.1, -0.05) is 22.0 Å². The molecule has 4 heteroatoms. The maximum Gasteiger partial charge on any atom is 0.123 e. The summed E-state index contributed by atoms with van der Waals surface area (Å²) in [6, 6.07) is 5.66. The molecule has 1 rings (SSSR count). The van der Waals surface area contributed by atoms with E-state index in [0.29, 0.717) is 6.42 Å². The van der Waals surface area contributed by atoms with Crippen molar-refractivity contribution in [1.29, 1.82) is 5.41 Å². The fourth-order valence-corrected chi connectivity index (χ4v) is 1.41. The van der Waals surface area contributed by atoms with Crippen molar-refractivity contribution in [2.24, 2.45) is 5.73 Å². The molecule has 0 saturated carbocycles. The van der Waals surface area contributed by atoms with E-state index in [-0.39, 0.29) is 5.84 Å². The van der Waals surface area contributed by atoms with Crippen LogP contribution in [0.5, 0.6) is 5.75 Å². The molecule has 0 saturated heterocycles. The summed E-state index contributed by atoms with van der Waals surface area (Å²) in [5, 5.41) is 7.17. The van der Waals surface area contributed by atoms with Crippen LogP contribution in [0, 0.1) is 5.41 Å². The Balaban J connectivity index is 2.99. The molecule has 1 aromatic rings. The van der Waals surface area contributed by atoms with Crippen LogP contribution in [0.25, 0.3) is 0 Å². The molecule has 0 aliphatic rings. The zero-order valence-electron chi connectivity index (χ0n) is 7.30. The SMILES string of the molecule is COc1cc(Br)ccc1CC(=N)N. The van der Waals surface area contributed by atoms with Gasteiger partial charge < -0.3 is 10.5 Å². The molecule has 0 radical (unpaired) electrons. The van der Waals surface area contributed by atoms with E-state index in [1.165, 1.54) is 0 Å². The fraction of sp³-hybridized carbons (Fsp3) is 0.222. The minimum absolute atomic E-state index is 0.139. The second-order valence-electron chi connectivity index (χ2n) is 2.66. The van der Waals surface area contributed by atoms with Gasteiger partial charge in [-0.05, 0) is 12.1 Å². The third kappa shape index (κ3) is 2.73. The summed E-state index contributed by atoms with van der Waals surface area (Å²) in [5.41, 5.74) is 6.23. The highest BCUT2D eigenvalue weighted by atomic mass is 79.9. The number of amidine groups is 1. The van der Waals surface area contributed by atoms with Crippen molar-refractivity contribution < 1.29 is 4.74 Å². The predicted octanol–water partition coefficient (Wildman–Crippen LogP) is 1.94. The van der Waals surface area contributed by atoms with Gasteiger partial charge in [0, 0.05) is 16.5 Å². The summed E-state index contributed by atoms with van der Waals surface area (Å²) in [6.45, 7) is 0. The highest BCUT2D eigenvalue weighted by molar-refractivity contribution is 9.10. The highest BCUT2D eigenvalue weighted by Gasteiger charge is 2.04. The molecule has 0 atom stereocenters. The molecular weight excluding hydrogens is 232 g/mol. The lowest BCUT2D eigenvalue weighted by Gasteiger charge is -2.07. The molecule has 70 valence electrons. The zero-order valence-corrected chi connectivity index (χ0v) is 8.89. The van der Waals surface area contributed by atoms with E-state index in [2.05, 4.69) is 15.9 Å². The first kappa shape index (κ1) is 10.1. The average Bonchev–Trinajstić information content (AvgIpc) is 2.07. The van der Waals surface area contributed by atoms with E-state index < -0.39 is 0 Å². The third-order valence-corrected chi connectivity index (χ3v) is 2.12. The predicted molar refractivity (Wildman–Crippen MR) is 56.3 cm³/mol. The second-order valence-corrected chi connectivity index (χ2v) is 3.57. The van der Waals surface area contributed by atoms with E-state index in [9.17, 15) is 0 Å². The number of benzene rings is 1. The van der Waals surface area contributed by atoms with Gasteiger partial charge in [0.05, 0.1) is 12.9 Å². The van der Waals surface area contributed by atoms with Crippen LogP contribution < -0.4 is 10.5 Å². The van der Waals surface area contributed by atoms with E-state index in [0.717, 1.165) is 15.8 Å². The van der Waals surface area contributed by atoms with Crippen LogP contribution in [-0.4, -0.2) is 12.9 Å². The first-order chi connectivity index (χ1) is 6.13. The number of hydrogen-bond donors (Lipinski definition) is 2. The third-order valence-electron chi connectivity index (χ3n) is 1.63. The summed E-state index contributed by atoms with van der Waals surface area (Å²) in [4.78, 5) is 0.